The van der Waals surface area contributed by atoms with Crippen molar-refractivity contribution >= 4 is 0 Å². The lowest BCUT2D eigenvalue weighted by Gasteiger charge is -1.98. The molecule has 0 radical (unpaired) electrons. The zero-order chi connectivity index (χ0) is 10.5. The van der Waals surface area contributed by atoms with Crippen LogP contribution in [0.4, 0.5) is 0 Å². The first-order valence-corrected chi connectivity index (χ1v) is 6.31. The minimum Gasteiger partial charge on any atom is -0.130 e. The Hall–Kier alpha value is -0.480. The van der Waals surface area contributed by atoms with Gasteiger partial charge in [-0.1, -0.05) is 52.4 Å². The SMILES string of the molecule is CCC=C=CCCCCCCCCC. The lowest BCUT2D eigenvalue weighted by atomic mass is 10.1. The third-order valence-corrected chi connectivity index (χ3v) is 2.39. The van der Waals surface area contributed by atoms with Gasteiger partial charge < -0.3 is 0 Å². The maximum absolute atomic E-state index is 3.20. The Morgan fingerprint density at radius 1 is 0.786 bits per heavy atom. The molecule has 0 aliphatic rings. The molecule has 0 spiro atoms. The van der Waals surface area contributed by atoms with Crippen molar-refractivity contribution in [2.24, 2.45) is 0 Å². The van der Waals surface area contributed by atoms with E-state index in [0.29, 0.717) is 0 Å². The van der Waals surface area contributed by atoms with Gasteiger partial charge in [0.15, 0.2) is 0 Å². The van der Waals surface area contributed by atoms with Crippen LogP contribution < -0.4 is 0 Å². The quantitative estimate of drug-likeness (QED) is 0.347. The van der Waals surface area contributed by atoms with E-state index in [1.54, 1.807) is 0 Å². The Morgan fingerprint density at radius 2 is 1.43 bits per heavy atom. The Morgan fingerprint density at radius 3 is 2.07 bits per heavy atom. The highest BCUT2D eigenvalue weighted by molar-refractivity contribution is 4.83. The fourth-order valence-corrected chi connectivity index (χ4v) is 1.49. The number of hydrogen-bond acceptors (Lipinski definition) is 0. The summed E-state index contributed by atoms with van der Waals surface area (Å²) in [5, 5.41) is 0. The van der Waals surface area contributed by atoms with Crippen molar-refractivity contribution in [2.75, 3.05) is 0 Å². The van der Waals surface area contributed by atoms with E-state index in [0.717, 1.165) is 6.42 Å². The van der Waals surface area contributed by atoms with E-state index in [1.807, 2.05) is 0 Å². The van der Waals surface area contributed by atoms with Crippen LogP contribution >= 0.6 is 0 Å². The first-order chi connectivity index (χ1) is 6.91. The minimum atomic E-state index is 1.10. The molecule has 0 saturated carbocycles. The molecule has 0 N–H and O–H groups in total. The second-order valence-electron chi connectivity index (χ2n) is 3.89. The summed E-state index contributed by atoms with van der Waals surface area (Å²) < 4.78 is 0. The molecule has 0 aliphatic carbocycles. The molecule has 0 aromatic carbocycles. The zero-order valence-electron chi connectivity index (χ0n) is 10.0. The molecule has 82 valence electrons. The minimum absolute atomic E-state index is 1.10. The van der Waals surface area contributed by atoms with Gasteiger partial charge in [0.25, 0.3) is 0 Å². The zero-order valence-corrected chi connectivity index (χ0v) is 10.0. The number of allylic oxidation sites excluding steroid dienone is 1. The van der Waals surface area contributed by atoms with Gasteiger partial charge in [-0.15, -0.1) is 5.73 Å². The van der Waals surface area contributed by atoms with Crippen molar-refractivity contribution in [2.45, 2.75) is 71.6 Å². The Kier molecular flexibility index (Phi) is 12.1. The Bertz CT molecular complexity index is 149. The molecule has 0 rings (SSSR count). The third-order valence-electron chi connectivity index (χ3n) is 2.39. The maximum atomic E-state index is 3.20. The molecule has 0 amide bonds. The highest BCUT2D eigenvalue weighted by Gasteiger charge is 1.88. The van der Waals surface area contributed by atoms with Crippen LogP contribution in [0.1, 0.15) is 71.6 Å². The smallest absolute Gasteiger partial charge is 0.0274 e. The van der Waals surface area contributed by atoms with Gasteiger partial charge in [0.2, 0.25) is 0 Å². The number of unbranched alkanes of at least 4 members (excludes halogenated alkanes) is 7. The van der Waals surface area contributed by atoms with Gasteiger partial charge in [-0.05, 0) is 31.4 Å². The van der Waals surface area contributed by atoms with Crippen molar-refractivity contribution in [3.8, 4) is 0 Å². The van der Waals surface area contributed by atoms with Crippen LogP contribution in [0.25, 0.3) is 0 Å². The van der Waals surface area contributed by atoms with Gasteiger partial charge in [-0.3, -0.25) is 0 Å². The standard InChI is InChI=1S/C14H26/c1-3-5-7-9-11-13-14-12-10-8-6-4-2/h5,9H,3-4,6,8,10-14H2,1-2H3. The van der Waals surface area contributed by atoms with Gasteiger partial charge in [-0.25, -0.2) is 0 Å². The summed E-state index contributed by atoms with van der Waals surface area (Å²) in [5.41, 5.74) is 3.20. The summed E-state index contributed by atoms with van der Waals surface area (Å²) in [6, 6.07) is 0. The van der Waals surface area contributed by atoms with Gasteiger partial charge in [0.1, 0.15) is 0 Å². The fraction of sp³-hybridized carbons (Fsp3) is 0.786. The van der Waals surface area contributed by atoms with Crippen LogP contribution in [-0.4, -0.2) is 0 Å². The average molecular weight is 194 g/mol. The highest BCUT2D eigenvalue weighted by Crippen LogP contribution is 2.08. The lowest BCUT2D eigenvalue weighted by Crippen LogP contribution is -1.78. The first kappa shape index (κ1) is 13.5. The molecular weight excluding hydrogens is 168 g/mol. The number of hydrogen-bond donors (Lipinski definition) is 0. The summed E-state index contributed by atoms with van der Waals surface area (Å²) in [4.78, 5) is 0. The summed E-state index contributed by atoms with van der Waals surface area (Å²) in [6.07, 6.45) is 16.4. The molecular formula is C14H26. The molecule has 0 aromatic rings. The van der Waals surface area contributed by atoms with E-state index in [4.69, 9.17) is 0 Å². The molecule has 0 atom stereocenters. The molecule has 0 aliphatic heterocycles. The van der Waals surface area contributed by atoms with E-state index in [2.05, 4.69) is 31.7 Å². The van der Waals surface area contributed by atoms with E-state index in [-0.39, 0.29) is 0 Å². The van der Waals surface area contributed by atoms with Crippen LogP contribution in [-0.2, 0) is 0 Å². The van der Waals surface area contributed by atoms with Crippen LogP contribution in [0.5, 0.6) is 0 Å². The van der Waals surface area contributed by atoms with E-state index in [1.165, 1.54) is 51.4 Å². The van der Waals surface area contributed by atoms with Crippen molar-refractivity contribution in [3.63, 3.8) is 0 Å². The summed E-state index contributed by atoms with van der Waals surface area (Å²) in [7, 11) is 0. The Labute approximate surface area is 90.1 Å². The molecule has 0 unspecified atom stereocenters. The van der Waals surface area contributed by atoms with E-state index < -0.39 is 0 Å². The molecule has 0 fully saturated rings. The van der Waals surface area contributed by atoms with E-state index >= 15 is 0 Å². The topological polar surface area (TPSA) is 0 Å². The molecule has 0 aromatic heterocycles. The summed E-state index contributed by atoms with van der Waals surface area (Å²) in [6.45, 7) is 4.42. The maximum Gasteiger partial charge on any atom is -0.0274 e. The molecule has 0 bridgehead atoms. The average Bonchev–Trinajstić information content (AvgIpc) is 2.21. The van der Waals surface area contributed by atoms with Crippen molar-refractivity contribution < 1.29 is 0 Å². The van der Waals surface area contributed by atoms with Gasteiger partial charge >= 0.3 is 0 Å². The molecule has 14 heavy (non-hydrogen) atoms. The van der Waals surface area contributed by atoms with Crippen LogP contribution in [0.15, 0.2) is 17.9 Å². The molecule has 0 heterocycles. The predicted octanol–water partition coefficient (Wildman–Crippen LogP) is 5.25. The van der Waals surface area contributed by atoms with Crippen LogP contribution in [0.2, 0.25) is 0 Å². The summed E-state index contributed by atoms with van der Waals surface area (Å²) >= 11 is 0. The Balaban J connectivity index is 3.02. The lowest BCUT2D eigenvalue weighted by molar-refractivity contribution is 0.592. The van der Waals surface area contributed by atoms with Crippen molar-refractivity contribution in [3.05, 3.63) is 17.9 Å². The van der Waals surface area contributed by atoms with Gasteiger partial charge in [0.05, 0.1) is 0 Å². The van der Waals surface area contributed by atoms with Gasteiger partial charge in [-0.2, -0.15) is 0 Å². The first-order valence-electron chi connectivity index (χ1n) is 6.31. The molecule has 0 saturated heterocycles. The van der Waals surface area contributed by atoms with Crippen LogP contribution in [0.3, 0.4) is 0 Å². The second kappa shape index (κ2) is 12.5. The third kappa shape index (κ3) is 11.5. The van der Waals surface area contributed by atoms with Crippen molar-refractivity contribution in [1.82, 2.24) is 0 Å². The molecule has 0 heteroatoms. The van der Waals surface area contributed by atoms with Gasteiger partial charge in [0, 0.05) is 0 Å². The number of rotatable bonds is 9. The fourth-order valence-electron chi connectivity index (χ4n) is 1.49. The molecule has 0 nitrogen and oxygen atoms in total. The van der Waals surface area contributed by atoms with Crippen LogP contribution in [0, 0.1) is 0 Å². The predicted molar refractivity (Wildman–Crippen MR) is 65.6 cm³/mol. The summed E-state index contributed by atoms with van der Waals surface area (Å²) in [5.74, 6) is 0. The highest BCUT2D eigenvalue weighted by atomic mass is 13.9. The van der Waals surface area contributed by atoms with E-state index in [9.17, 15) is 0 Å². The monoisotopic (exact) mass is 194 g/mol. The normalized spacial score (nSPS) is 9.57. The second-order valence-corrected chi connectivity index (χ2v) is 3.89. The van der Waals surface area contributed by atoms with Crippen molar-refractivity contribution in [1.29, 1.82) is 0 Å². The largest absolute Gasteiger partial charge is 0.130 e.